The molecular weight excluding hydrogens is 435 g/mol. The van der Waals surface area contributed by atoms with Crippen LogP contribution in [0.1, 0.15) is 24.2 Å². The molecule has 0 fully saturated rings. The second-order valence-electron chi connectivity index (χ2n) is 5.01. The van der Waals surface area contributed by atoms with E-state index in [9.17, 15) is 9.90 Å². The van der Waals surface area contributed by atoms with Crippen LogP contribution in [0.4, 0.5) is 0 Å². The van der Waals surface area contributed by atoms with Gasteiger partial charge in [0.15, 0.2) is 17.6 Å². The van der Waals surface area contributed by atoms with Crippen molar-refractivity contribution >= 4 is 34.7 Å². The molecule has 7 heteroatoms. The van der Waals surface area contributed by atoms with E-state index in [2.05, 4.69) is 33.1 Å². The van der Waals surface area contributed by atoms with Gasteiger partial charge in [0, 0.05) is 0 Å². The fourth-order valence-corrected chi connectivity index (χ4v) is 2.99. The smallest absolute Gasteiger partial charge is 0.273 e. The van der Waals surface area contributed by atoms with Gasteiger partial charge in [-0.2, -0.15) is 5.10 Å². The van der Waals surface area contributed by atoms with E-state index in [0.29, 0.717) is 23.7 Å². The van der Waals surface area contributed by atoms with E-state index in [0.717, 1.165) is 9.13 Å². The monoisotopic (exact) mass is 454 g/mol. The molecule has 0 saturated heterocycles. The van der Waals surface area contributed by atoms with E-state index < -0.39 is 12.0 Å². The number of methoxy groups -OCH3 is 1. The summed E-state index contributed by atoms with van der Waals surface area (Å²) in [6.07, 6.45) is 0.216. The highest BCUT2D eigenvalue weighted by Gasteiger charge is 2.16. The van der Waals surface area contributed by atoms with Gasteiger partial charge in [-0.3, -0.25) is 4.79 Å². The predicted molar refractivity (Wildman–Crippen MR) is 104 cm³/mol. The first-order chi connectivity index (χ1) is 12.1. The highest BCUT2D eigenvalue weighted by Crippen LogP contribution is 2.33. The number of aliphatic hydroxyl groups is 1. The Morgan fingerprint density at radius 1 is 1.36 bits per heavy atom. The van der Waals surface area contributed by atoms with Crippen LogP contribution in [0.2, 0.25) is 0 Å². The summed E-state index contributed by atoms with van der Waals surface area (Å²) in [5, 5.41) is 13.9. The number of hydrogen-bond acceptors (Lipinski definition) is 5. The Bertz CT molecular complexity index is 750. The molecule has 0 aromatic heterocycles. The zero-order valence-electron chi connectivity index (χ0n) is 13.9. The Morgan fingerprint density at radius 2 is 2.08 bits per heavy atom. The molecule has 0 saturated carbocycles. The molecular formula is C18H19IN2O4. The largest absolute Gasteiger partial charge is 0.492 e. The van der Waals surface area contributed by atoms with Crippen LogP contribution < -0.4 is 14.9 Å². The van der Waals surface area contributed by atoms with Crippen LogP contribution >= 0.6 is 22.6 Å². The lowest BCUT2D eigenvalue weighted by atomic mass is 10.1. The van der Waals surface area contributed by atoms with E-state index >= 15 is 0 Å². The van der Waals surface area contributed by atoms with Gasteiger partial charge in [0.2, 0.25) is 0 Å². The van der Waals surface area contributed by atoms with Crippen molar-refractivity contribution in [1.29, 1.82) is 0 Å². The Balaban J connectivity index is 2.07. The Morgan fingerprint density at radius 3 is 2.72 bits per heavy atom. The molecule has 1 atom stereocenters. The van der Waals surface area contributed by atoms with E-state index in [1.807, 2.05) is 19.1 Å². The van der Waals surface area contributed by atoms with Crippen molar-refractivity contribution in [3.63, 3.8) is 0 Å². The lowest BCUT2D eigenvalue weighted by molar-refractivity contribution is -0.129. The molecule has 6 nitrogen and oxygen atoms in total. The lowest BCUT2D eigenvalue weighted by Crippen LogP contribution is -2.25. The third-order valence-corrected chi connectivity index (χ3v) is 4.09. The molecule has 0 aliphatic carbocycles. The van der Waals surface area contributed by atoms with E-state index in [1.54, 1.807) is 37.4 Å². The van der Waals surface area contributed by atoms with Crippen LogP contribution in [-0.4, -0.2) is 30.9 Å². The van der Waals surface area contributed by atoms with Gasteiger partial charge in [0.05, 0.1) is 23.5 Å². The minimum absolute atomic E-state index is 0.507. The average Bonchev–Trinajstić information content (AvgIpc) is 2.62. The molecule has 0 bridgehead atoms. The number of hydrogen-bond donors (Lipinski definition) is 2. The minimum atomic E-state index is -1.27. The quantitative estimate of drug-likeness (QED) is 0.383. The summed E-state index contributed by atoms with van der Waals surface area (Å²) in [7, 11) is 1.58. The molecule has 0 aliphatic heterocycles. The van der Waals surface area contributed by atoms with Crippen LogP contribution in [0.5, 0.6) is 11.5 Å². The minimum Gasteiger partial charge on any atom is -0.492 e. The van der Waals surface area contributed by atoms with Crippen LogP contribution in [0.25, 0.3) is 0 Å². The number of nitrogens with one attached hydrogen (secondary N) is 1. The Hall–Kier alpha value is -2.13. The number of benzene rings is 2. The molecule has 0 unspecified atom stereocenters. The SMILES string of the molecule is CCOc1cc(/C=N\NC(=O)[C@@H](O)c2ccccc2)cc(I)c1OC. The molecule has 0 heterocycles. The molecule has 2 rings (SSSR count). The second kappa shape index (κ2) is 9.38. The molecule has 1 amide bonds. The van der Waals surface area contributed by atoms with Crippen molar-refractivity contribution in [3.8, 4) is 11.5 Å². The maximum atomic E-state index is 11.9. The summed E-state index contributed by atoms with van der Waals surface area (Å²) in [6.45, 7) is 2.39. The van der Waals surface area contributed by atoms with Crippen molar-refractivity contribution in [3.05, 3.63) is 57.2 Å². The highest BCUT2D eigenvalue weighted by atomic mass is 127. The fraction of sp³-hybridized carbons (Fsp3) is 0.222. The maximum absolute atomic E-state index is 11.9. The van der Waals surface area contributed by atoms with Gasteiger partial charge < -0.3 is 14.6 Å². The number of halogens is 1. The third-order valence-electron chi connectivity index (χ3n) is 3.29. The van der Waals surface area contributed by atoms with Crippen molar-refractivity contribution in [1.82, 2.24) is 5.43 Å². The average molecular weight is 454 g/mol. The summed E-state index contributed by atoms with van der Waals surface area (Å²) in [5.74, 6) is 0.660. The molecule has 132 valence electrons. The van der Waals surface area contributed by atoms with Gasteiger partial charge >= 0.3 is 0 Å². The normalized spacial score (nSPS) is 12.0. The van der Waals surface area contributed by atoms with Gasteiger partial charge in [-0.1, -0.05) is 30.3 Å². The van der Waals surface area contributed by atoms with Crippen molar-refractivity contribution in [2.45, 2.75) is 13.0 Å². The number of nitrogens with zero attached hydrogens (tertiary/aromatic N) is 1. The van der Waals surface area contributed by atoms with Crippen LogP contribution in [-0.2, 0) is 4.79 Å². The molecule has 2 N–H and O–H groups in total. The standard InChI is InChI=1S/C18H19IN2O4/c1-3-25-15-10-12(9-14(19)17(15)24-2)11-20-21-18(23)16(22)13-7-5-4-6-8-13/h4-11,16,22H,3H2,1-2H3,(H,21,23)/b20-11-/t16-/m0/s1. The predicted octanol–water partition coefficient (Wildman–Crippen LogP) is 2.88. The molecule has 0 aliphatic rings. The van der Waals surface area contributed by atoms with Crippen molar-refractivity contribution in [2.24, 2.45) is 5.10 Å². The molecule has 2 aromatic rings. The number of ether oxygens (including phenoxy) is 2. The summed E-state index contributed by atoms with van der Waals surface area (Å²) in [4.78, 5) is 11.9. The van der Waals surface area contributed by atoms with E-state index in [4.69, 9.17) is 9.47 Å². The zero-order valence-corrected chi connectivity index (χ0v) is 16.1. The van der Waals surface area contributed by atoms with Crippen LogP contribution in [0.15, 0.2) is 47.6 Å². The topological polar surface area (TPSA) is 80.2 Å². The van der Waals surface area contributed by atoms with Gasteiger partial charge in [-0.05, 0) is 52.8 Å². The molecule has 25 heavy (non-hydrogen) atoms. The summed E-state index contributed by atoms with van der Waals surface area (Å²) in [5.41, 5.74) is 3.58. The van der Waals surface area contributed by atoms with Crippen molar-refractivity contribution < 1.29 is 19.4 Å². The van der Waals surface area contributed by atoms with Gasteiger partial charge in [0.1, 0.15) is 0 Å². The number of aliphatic hydroxyl groups excluding tert-OH is 1. The van der Waals surface area contributed by atoms with Crippen LogP contribution in [0.3, 0.4) is 0 Å². The van der Waals surface area contributed by atoms with Crippen LogP contribution in [0, 0.1) is 3.57 Å². The highest BCUT2D eigenvalue weighted by molar-refractivity contribution is 14.1. The zero-order chi connectivity index (χ0) is 18.2. The number of rotatable bonds is 7. The Labute approximate surface area is 160 Å². The second-order valence-corrected chi connectivity index (χ2v) is 6.18. The van der Waals surface area contributed by atoms with Gasteiger partial charge in [-0.25, -0.2) is 5.43 Å². The van der Waals surface area contributed by atoms with Gasteiger partial charge in [0.25, 0.3) is 5.91 Å². The molecule has 0 spiro atoms. The first-order valence-electron chi connectivity index (χ1n) is 7.63. The fourth-order valence-electron chi connectivity index (χ4n) is 2.14. The lowest BCUT2D eigenvalue weighted by Gasteiger charge is -2.12. The molecule has 2 aromatic carbocycles. The summed E-state index contributed by atoms with van der Waals surface area (Å²) in [6, 6.07) is 12.3. The van der Waals surface area contributed by atoms with Crippen molar-refractivity contribution in [2.75, 3.05) is 13.7 Å². The molecule has 0 radical (unpaired) electrons. The number of carbonyl (C=O) groups excluding carboxylic acids is 1. The van der Waals surface area contributed by atoms with E-state index in [1.165, 1.54) is 6.21 Å². The third kappa shape index (κ3) is 5.17. The number of carbonyl (C=O) groups is 1. The number of amides is 1. The first-order valence-corrected chi connectivity index (χ1v) is 8.71. The van der Waals surface area contributed by atoms with E-state index in [-0.39, 0.29) is 0 Å². The maximum Gasteiger partial charge on any atom is 0.273 e. The van der Waals surface area contributed by atoms with Gasteiger partial charge in [-0.15, -0.1) is 0 Å². The summed E-state index contributed by atoms with van der Waals surface area (Å²) < 4.78 is 11.7. The first kappa shape index (κ1) is 19.2. The number of hydrazone groups is 1. The Kier molecular flexibility index (Phi) is 7.20. The summed E-state index contributed by atoms with van der Waals surface area (Å²) >= 11 is 2.14.